The average Bonchev–Trinajstić information content (AvgIpc) is 3.06. The maximum absolute atomic E-state index is 13.0. The van der Waals surface area contributed by atoms with Gasteiger partial charge in [-0.3, -0.25) is 23.9 Å². The standard InChI is InChI=1S/C23H28N4O4S2/c1-6-31-22(30)15-7-9-26(10-8-15)19-16(14(4)17(12-24)20(28)25(19)5)11-18-21(29)27(13(2)3)23(32)33-18/h11,13,15H,6-10H2,1-5H3/b18-11-. The third kappa shape index (κ3) is 4.70. The number of hydrogen-bond acceptors (Lipinski definition) is 8. The van der Waals surface area contributed by atoms with Crippen LogP contribution in [0.1, 0.15) is 50.3 Å². The lowest BCUT2D eigenvalue weighted by molar-refractivity contribution is -0.148. The number of esters is 1. The van der Waals surface area contributed by atoms with Crippen molar-refractivity contribution in [3.63, 3.8) is 0 Å². The number of rotatable bonds is 5. The minimum absolute atomic E-state index is 0.0493. The van der Waals surface area contributed by atoms with Crippen molar-refractivity contribution in [2.24, 2.45) is 13.0 Å². The molecule has 0 aromatic carbocycles. The van der Waals surface area contributed by atoms with Crippen molar-refractivity contribution in [2.75, 3.05) is 24.6 Å². The molecule has 0 atom stereocenters. The van der Waals surface area contributed by atoms with Crippen molar-refractivity contribution in [1.82, 2.24) is 9.47 Å². The van der Waals surface area contributed by atoms with E-state index in [1.165, 1.54) is 16.3 Å². The quantitative estimate of drug-likeness (QED) is 0.355. The van der Waals surface area contributed by atoms with Gasteiger partial charge in [-0.25, -0.2) is 0 Å². The highest BCUT2D eigenvalue weighted by Crippen LogP contribution is 2.37. The Morgan fingerprint density at radius 2 is 1.97 bits per heavy atom. The summed E-state index contributed by atoms with van der Waals surface area (Å²) in [6, 6.07) is 1.94. The molecule has 0 N–H and O–H groups in total. The number of carbonyl (C=O) groups excluding carboxylic acids is 2. The van der Waals surface area contributed by atoms with Gasteiger partial charge >= 0.3 is 5.97 Å². The number of thiocarbonyl (C=S) groups is 1. The van der Waals surface area contributed by atoms with Crippen LogP contribution < -0.4 is 10.5 Å². The second-order valence-corrected chi connectivity index (χ2v) is 10.0. The van der Waals surface area contributed by atoms with Crippen LogP contribution in [0.4, 0.5) is 5.82 Å². The molecule has 2 aliphatic rings. The monoisotopic (exact) mass is 488 g/mol. The lowest BCUT2D eigenvalue weighted by atomic mass is 9.95. The Balaban J connectivity index is 2.07. The zero-order chi connectivity index (χ0) is 24.4. The van der Waals surface area contributed by atoms with E-state index in [-0.39, 0.29) is 35.0 Å². The normalized spacial score (nSPS) is 18.4. The van der Waals surface area contributed by atoms with Crippen LogP contribution in [-0.4, -0.2) is 51.4 Å². The molecule has 1 aromatic heterocycles. The third-order valence-corrected chi connectivity index (χ3v) is 7.33. The summed E-state index contributed by atoms with van der Waals surface area (Å²) in [5.74, 6) is 0.0791. The summed E-state index contributed by atoms with van der Waals surface area (Å²) >= 11 is 6.62. The zero-order valence-electron chi connectivity index (χ0n) is 19.5. The molecule has 0 aliphatic carbocycles. The molecule has 3 rings (SSSR count). The van der Waals surface area contributed by atoms with Crippen LogP contribution in [0.5, 0.6) is 0 Å². The van der Waals surface area contributed by atoms with Gasteiger partial charge in [0, 0.05) is 31.7 Å². The Hall–Kier alpha value is -2.64. The van der Waals surface area contributed by atoms with Crippen molar-refractivity contribution in [3.8, 4) is 6.07 Å². The fourth-order valence-corrected chi connectivity index (χ4v) is 5.74. The number of piperidine rings is 1. The summed E-state index contributed by atoms with van der Waals surface area (Å²) in [4.78, 5) is 42.1. The van der Waals surface area contributed by atoms with E-state index in [4.69, 9.17) is 17.0 Å². The Morgan fingerprint density at radius 1 is 1.33 bits per heavy atom. The van der Waals surface area contributed by atoms with Gasteiger partial charge < -0.3 is 9.64 Å². The summed E-state index contributed by atoms with van der Waals surface area (Å²) in [5.41, 5.74) is 0.836. The number of nitrogens with zero attached hydrogens (tertiary/aromatic N) is 4. The van der Waals surface area contributed by atoms with Crippen LogP contribution in [0.25, 0.3) is 6.08 Å². The SMILES string of the molecule is CCOC(=O)C1CCN(c2c(/C=C3\SC(=S)N(C(C)C)C3=O)c(C)c(C#N)c(=O)n2C)CC1. The van der Waals surface area contributed by atoms with Crippen LogP contribution >= 0.6 is 24.0 Å². The topological polar surface area (TPSA) is 95.6 Å². The first kappa shape index (κ1) is 25.0. The lowest BCUT2D eigenvalue weighted by Gasteiger charge is -2.35. The van der Waals surface area contributed by atoms with Gasteiger partial charge in [-0.2, -0.15) is 5.26 Å². The molecule has 0 bridgehead atoms. The van der Waals surface area contributed by atoms with Gasteiger partial charge in [0.15, 0.2) is 0 Å². The van der Waals surface area contributed by atoms with Gasteiger partial charge in [0.05, 0.1) is 17.4 Å². The lowest BCUT2D eigenvalue weighted by Crippen LogP contribution is -2.40. The van der Waals surface area contributed by atoms with Gasteiger partial charge in [0.25, 0.3) is 11.5 Å². The predicted molar refractivity (Wildman–Crippen MR) is 133 cm³/mol. The summed E-state index contributed by atoms with van der Waals surface area (Å²) in [6.45, 7) is 8.77. The molecule has 1 aromatic rings. The van der Waals surface area contributed by atoms with Crippen LogP contribution in [0.3, 0.4) is 0 Å². The fourth-order valence-electron chi connectivity index (χ4n) is 4.24. The first-order chi connectivity index (χ1) is 15.6. The molecule has 0 unspecified atom stereocenters. The van der Waals surface area contributed by atoms with Crippen molar-refractivity contribution in [3.05, 3.63) is 31.9 Å². The van der Waals surface area contributed by atoms with Gasteiger partial charge in [0.1, 0.15) is 21.8 Å². The summed E-state index contributed by atoms with van der Waals surface area (Å²) in [5, 5.41) is 9.62. The Kier molecular flexibility index (Phi) is 7.65. The molecule has 2 fully saturated rings. The van der Waals surface area contributed by atoms with Crippen molar-refractivity contribution >= 4 is 52.1 Å². The smallest absolute Gasteiger partial charge is 0.309 e. The molecule has 0 spiro atoms. The highest BCUT2D eigenvalue weighted by atomic mass is 32.2. The van der Waals surface area contributed by atoms with Crippen molar-refractivity contribution in [1.29, 1.82) is 5.26 Å². The number of nitriles is 1. The minimum atomic E-state index is -0.385. The average molecular weight is 489 g/mol. The maximum atomic E-state index is 13.0. The summed E-state index contributed by atoms with van der Waals surface area (Å²) in [6.07, 6.45) is 2.94. The number of aromatic nitrogens is 1. The van der Waals surface area contributed by atoms with Crippen molar-refractivity contribution < 1.29 is 14.3 Å². The van der Waals surface area contributed by atoms with E-state index in [0.29, 0.717) is 58.7 Å². The number of thioether (sulfide) groups is 1. The van der Waals surface area contributed by atoms with E-state index in [0.717, 1.165) is 0 Å². The Morgan fingerprint density at radius 3 is 2.48 bits per heavy atom. The second kappa shape index (κ2) is 10.1. The molecule has 2 aliphatic heterocycles. The maximum Gasteiger partial charge on any atom is 0.309 e. The van der Waals surface area contributed by atoms with Crippen LogP contribution in [0.2, 0.25) is 0 Å². The predicted octanol–water partition coefficient (Wildman–Crippen LogP) is 2.95. The molecule has 8 nitrogen and oxygen atoms in total. The first-order valence-corrected chi connectivity index (χ1v) is 12.2. The molecule has 33 heavy (non-hydrogen) atoms. The zero-order valence-corrected chi connectivity index (χ0v) is 21.1. The largest absolute Gasteiger partial charge is 0.466 e. The van der Waals surface area contributed by atoms with E-state index < -0.39 is 0 Å². The van der Waals surface area contributed by atoms with Gasteiger partial charge in [0.2, 0.25) is 0 Å². The first-order valence-electron chi connectivity index (χ1n) is 10.9. The van der Waals surface area contributed by atoms with E-state index >= 15 is 0 Å². The van der Waals surface area contributed by atoms with Crippen LogP contribution in [-0.2, 0) is 21.4 Å². The van der Waals surface area contributed by atoms with Gasteiger partial charge in [-0.1, -0.05) is 24.0 Å². The van der Waals surface area contributed by atoms with E-state index in [1.807, 2.05) is 24.8 Å². The number of pyridine rings is 1. The van der Waals surface area contributed by atoms with Gasteiger partial charge in [-0.15, -0.1) is 0 Å². The van der Waals surface area contributed by atoms with E-state index in [2.05, 4.69) is 0 Å². The number of carbonyl (C=O) groups is 2. The Bertz CT molecular complexity index is 1120. The number of hydrogen-bond donors (Lipinski definition) is 0. The minimum Gasteiger partial charge on any atom is -0.466 e. The van der Waals surface area contributed by atoms with E-state index in [1.54, 1.807) is 31.9 Å². The number of anilines is 1. The Labute approximate surface area is 203 Å². The van der Waals surface area contributed by atoms with Crippen LogP contribution in [0.15, 0.2) is 9.70 Å². The molecule has 1 amide bonds. The molecular formula is C23H28N4O4S2. The molecule has 0 saturated carbocycles. The highest BCUT2D eigenvalue weighted by molar-refractivity contribution is 8.26. The molecule has 2 saturated heterocycles. The summed E-state index contributed by atoms with van der Waals surface area (Å²) in [7, 11) is 1.63. The van der Waals surface area contributed by atoms with Crippen molar-refractivity contribution in [2.45, 2.75) is 46.6 Å². The molecular weight excluding hydrogens is 460 g/mol. The highest BCUT2D eigenvalue weighted by Gasteiger charge is 2.35. The fraction of sp³-hybridized carbons (Fsp3) is 0.522. The van der Waals surface area contributed by atoms with Gasteiger partial charge in [-0.05, 0) is 52.2 Å². The number of amides is 1. The second-order valence-electron chi connectivity index (χ2n) is 8.37. The molecule has 10 heteroatoms. The molecule has 0 radical (unpaired) electrons. The summed E-state index contributed by atoms with van der Waals surface area (Å²) < 4.78 is 7.11. The number of ether oxygens (including phenoxy) is 1. The van der Waals surface area contributed by atoms with E-state index in [9.17, 15) is 19.6 Å². The van der Waals surface area contributed by atoms with Crippen LogP contribution in [0, 0.1) is 24.2 Å². The molecule has 176 valence electrons. The third-order valence-electron chi connectivity index (χ3n) is 6.00. The molecule has 3 heterocycles.